The van der Waals surface area contributed by atoms with Crippen LogP contribution in [0.15, 0.2) is 30.3 Å². The highest BCUT2D eigenvalue weighted by Crippen LogP contribution is 2.33. The number of para-hydroxylation sites is 1. The van der Waals surface area contributed by atoms with Crippen molar-refractivity contribution in [3.63, 3.8) is 0 Å². The predicted molar refractivity (Wildman–Crippen MR) is 57.3 cm³/mol. The summed E-state index contributed by atoms with van der Waals surface area (Å²) in [6, 6.07) is 5.27. The summed E-state index contributed by atoms with van der Waals surface area (Å²) in [6.07, 6.45) is 0. The highest BCUT2D eigenvalue weighted by atomic mass is 32.3. The molecule has 0 radical (unpaired) electrons. The Morgan fingerprint density at radius 2 is 1.16 bits per heavy atom. The van der Waals surface area contributed by atoms with Crippen LogP contribution in [0.1, 0.15) is 0 Å². The summed E-state index contributed by atoms with van der Waals surface area (Å²) in [6.45, 7) is 0. The Bertz CT molecular complexity index is 460. The molecule has 19 heavy (non-hydrogen) atoms. The molecule has 0 fully saturated rings. The van der Waals surface area contributed by atoms with Crippen LogP contribution in [0.25, 0.3) is 0 Å². The average Bonchev–Trinajstić information content (AvgIpc) is 2.28. The Morgan fingerprint density at radius 3 is 1.47 bits per heavy atom. The van der Waals surface area contributed by atoms with Crippen LogP contribution < -0.4 is 3.71 Å². The van der Waals surface area contributed by atoms with E-state index in [9.17, 15) is 34.8 Å². The lowest BCUT2D eigenvalue weighted by molar-refractivity contribution is -0.0403. The maximum absolute atomic E-state index is 12.3. The molecule has 0 spiro atoms. The van der Waals surface area contributed by atoms with Gasteiger partial charge in [-0.1, -0.05) is 18.2 Å². The normalized spacial score (nSPS) is 15.9. The van der Waals surface area contributed by atoms with Crippen molar-refractivity contribution in [3.05, 3.63) is 30.3 Å². The molecule has 0 aliphatic carbocycles. The first kappa shape index (κ1) is 16.0. The summed E-state index contributed by atoms with van der Waals surface area (Å²) >= 11 is 0. The molecule has 0 bridgehead atoms. The molecular formula is C8H5F6NO2S2. The van der Waals surface area contributed by atoms with E-state index < -0.39 is 42.4 Å². The maximum atomic E-state index is 12.3. The number of rotatable bonds is 3. The van der Waals surface area contributed by atoms with Gasteiger partial charge in [0.25, 0.3) is 0 Å². The third kappa shape index (κ3) is 3.93. The van der Waals surface area contributed by atoms with Crippen LogP contribution in [-0.2, 0) is 22.0 Å². The summed E-state index contributed by atoms with van der Waals surface area (Å²) < 4.78 is 95.2. The van der Waals surface area contributed by atoms with Gasteiger partial charge in [0.2, 0.25) is 22.0 Å². The van der Waals surface area contributed by atoms with Gasteiger partial charge in [-0.25, -0.2) is 8.42 Å². The summed E-state index contributed by atoms with van der Waals surface area (Å²) in [5, 5.41) is 0. The fourth-order valence-corrected chi connectivity index (χ4v) is 2.99. The molecule has 0 heterocycles. The largest absolute Gasteiger partial charge is 0.491 e. The van der Waals surface area contributed by atoms with Gasteiger partial charge in [-0.15, -0.1) is 0 Å². The van der Waals surface area contributed by atoms with Crippen molar-refractivity contribution in [2.24, 2.45) is 0 Å². The Labute approximate surface area is 108 Å². The minimum atomic E-state index is -5.46. The van der Waals surface area contributed by atoms with E-state index in [0.717, 1.165) is 24.3 Å². The van der Waals surface area contributed by atoms with E-state index >= 15 is 0 Å². The molecule has 0 aliphatic rings. The molecule has 0 saturated heterocycles. The molecule has 0 aliphatic heterocycles. The summed E-state index contributed by atoms with van der Waals surface area (Å²) in [4.78, 5) is 0. The topological polar surface area (TPSA) is 37.4 Å². The van der Waals surface area contributed by atoms with Crippen molar-refractivity contribution in [1.29, 1.82) is 0 Å². The van der Waals surface area contributed by atoms with Gasteiger partial charge >= 0.3 is 11.0 Å². The SMILES string of the molecule is O=S(N(c1ccccc1)S(=O)C(F)(F)F)C(F)(F)F. The Balaban J connectivity index is 3.28. The number of anilines is 1. The number of halogens is 6. The third-order valence-corrected chi connectivity index (χ3v) is 4.29. The first-order valence-corrected chi connectivity index (χ1v) is 6.59. The van der Waals surface area contributed by atoms with Crippen molar-refractivity contribution in [3.8, 4) is 0 Å². The maximum Gasteiger partial charge on any atom is 0.491 e. The Hall–Kier alpha value is -1.10. The molecule has 2 unspecified atom stereocenters. The van der Waals surface area contributed by atoms with Crippen LogP contribution in [0, 0.1) is 0 Å². The van der Waals surface area contributed by atoms with Gasteiger partial charge in [0.05, 0.1) is 5.69 Å². The zero-order valence-corrected chi connectivity index (χ0v) is 10.4. The molecule has 108 valence electrons. The first-order valence-electron chi connectivity index (χ1n) is 4.37. The molecular weight excluding hydrogens is 320 g/mol. The Kier molecular flexibility index (Phi) is 4.61. The molecule has 0 aromatic heterocycles. The molecule has 2 atom stereocenters. The van der Waals surface area contributed by atoms with Gasteiger partial charge in [-0.05, 0) is 12.1 Å². The van der Waals surface area contributed by atoms with Crippen LogP contribution in [0.5, 0.6) is 0 Å². The molecule has 0 N–H and O–H groups in total. The van der Waals surface area contributed by atoms with Crippen molar-refractivity contribution in [2.45, 2.75) is 11.0 Å². The van der Waals surface area contributed by atoms with Gasteiger partial charge in [0, 0.05) is 0 Å². The summed E-state index contributed by atoms with van der Waals surface area (Å²) in [7, 11) is -8.18. The van der Waals surface area contributed by atoms with Crippen LogP contribution in [0.3, 0.4) is 0 Å². The standard InChI is InChI=1S/C8H5F6NO2S2/c9-7(10,11)18(16)15(19(17)8(12,13)14)6-4-2-1-3-5-6/h1-5H. The second-order valence-corrected chi connectivity index (χ2v) is 5.87. The molecule has 1 aromatic rings. The lowest BCUT2D eigenvalue weighted by atomic mass is 10.3. The van der Waals surface area contributed by atoms with Crippen molar-refractivity contribution in [2.75, 3.05) is 3.71 Å². The van der Waals surface area contributed by atoms with Gasteiger partial charge in [-0.3, -0.25) is 0 Å². The van der Waals surface area contributed by atoms with Gasteiger partial charge < -0.3 is 0 Å². The first-order chi connectivity index (χ1) is 8.55. The molecule has 1 rings (SSSR count). The van der Waals surface area contributed by atoms with Gasteiger partial charge in [0.15, 0.2) is 0 Å². The van der Waals surface area contributed by atoms with Crippen molar-refractivity contribution < 1.29 is 34.8 Å². The fourth-order valence-electron chi connectivity index (χ4n) is 0.991. The average molecular weight is 325 g/mol. The van der Waals surface area contributed by atoms with E-state index in [4.69, 9.17) is 0 Å². The van der Waals surface area contributed by atoms with E-state index in [1.807, 2.05) is 0 Å². The lowest BCUT2D eigenvalue weighted by Gasteiger charge is -2.23. The summed E-state index contributed by atoms with van der Waals surface area (Å²) in [5.74, 6) is 0. The minimum Gasteiger partial charge on any atom is -0.226 e. The second kappa shape index (κ2) is 5.49. The van der Waals surface area contributed by atoms with E-state index in [0.29, 0.717) is 0 Å². The number of benzene rings is 1. The second-order valence-electron chi connectivity index (χ2n) is 2.98. The van der Waals surface area contributed by atoms with E-state index in [2.05, 4.69) is 0 Å². The van der Waals surface area contributed by atoms with E-state index in [1.165, 1.54) is 6.07 Å². The van der Waals surface area contributed by atoms with Crippen LogP contribution in [-0.4, -0.2) is 19.4 Å². The number of alkyl halides is 6. The number of nitrogens with zero attached hydrogens (tertiary/aromatic N) is 1. The number of hydrogen-bond donors (Lipinski definition) is 0. The highest BCUT2D eigenvalue weighted by molar-refractivity contribution is 8.05. The fraction of sp³-hybridized carbons (Fsp3) is 0.250. The van der Waals surface area contributed by atoms with Crippen LogP contribution >= 0.6 is 0 Å². The zero-order chi connectivity index (χ0) is 14.8. The van der Waals surface area contributed by atoms with E-state index in [-0.39, 0.29) is 0 Å². The lowest BCUT2D eigenvalue weighted by Crippen LogP contribution is -2.41. The van der Waals surface area contributed by atoms with Crippen molar-refractivity contribution in [1.82, 2.24) is 0 Å². The molecule has 3 nitrogen and oxygen atoms in total. The zero-order valence-electron chi connectivity index (χ0n) is 8.73. The molecule has 11 heteroatoms. The third-order valence-electron chi connectivity index (χ3n) is 1.66. The van der Waals surface area contributed by atoms with Crippen molar-refractivity contribution >= 4 is 27.7 Å². The van der Waals surface area contributed by atoms with Crippen LogP contribution in [0.4, 0.5) is 32.0 Å². The molecule has 0 saturated carbocycles. The smallest absolute Gasteiger partial charge is 0.226 e. The van der Waals surface area contributed by atoms with E-state index in [1.54, 1.807) is 0 Å². The minimum absolute atomic E-state index is 0.714. The molecule has 0 amide bonds. The number of hydrogen-bond acceptors (Lipinski definition) is 2. The quantitative estimate of drug-likeness (QED) is 0.802. The highest BCUT2D eigenvalue weighted by Gasteiger charge is 2.51. The molecule has 1 aromatic carbocycles. The predicted octanol–water partition coefficient (Wildman–Crippen LogP) is 2.86. The van der Waals surface area contributed by atoms with Gasteiger partial charge in [-0.2, -0.15) is 30.1 Å². The van der Waals surface area contributed by atoms with Crippen LogP contribution in [0.2, 0.25) is 0 Å². The van der Waals surface area contributed by atoms with Gasteiger partial charge in [0.1, 0.15) is 0 Å². The summed E-state index contributed by atoms with van der Waals surface area (Å²) in [5.41, 5.74) is -11.6. The monoisotopic (exact) mass is 325 g/mol. The Morgan fingerprint density at radius 1 is 0.789 bits per heavy atom.